The predicted molar refractivity (Wildman–Crippen MR) is 105 cm³/mol. The predicted octanol–water partition coefficient (Wildman–Crippen LogP) is 1.18. The van der Waals surface area contributed by atoms with Crippen molar-refractivity contribution < 1.29 is 27.5 Å². The van der Waals surface area contributed by atoms with Crippen LogP contribution in [0.3, 0.4) is 0 Å². The SMILES string of the molecule is CC(=O)NS(=O)(=O)c1ccc(NC(=O)CN2CC(=O)Oc3cc(C)ccc32)cc1. The number of amides is 2. The molecule has 0 fully saturated rings. The number of hydrogen-bond acceptors (Lipinski definition) is 7. The number of nitrogens with one attached hydrogen (secondary N) is 2. The summed E-state index contributed by atoms with van der Waals surface area (Å²) in [5.74, 6) is -1.13. The lowest BCUT2D eigenvalue weighted by molar-refractivity contribution is -0.133. The summed E-state index contributed by atoms with van der Waals surface area (Å²) in [5.41, 5.74) is 1.94. The van der Waals surface area contributed by atoms with Gasteiger partial charge in [0.15, 0.2) is 5.75 Å². The Morgan fingerprint density at radius 3 is 2.48 bits per heavy atom. The van der Waals surface area contributed by atoms with E-state index in [1.165, 1.54) is 24.3 Å². The molecule has 2 amide bonds. The van der Waals surface area contributed by atoms with Crippen LogP contribution >= 0.6 is 0 Å². The smallest absolute Gasteiger partial charge is 0.331 e. The normalized spacial score (nSPS) is 13.3. The standard InChI is InChI=1S/C19H19N3O6S/c1-12-3-8-16-17(9-12)28-19(25)11-22(16)10-18(24)20-14-4-6-15(7-5-14)29(26,27)21-13(2)23/h3-9H,10-11H2,1-2H3,(H,20,24)(H,21,23). The molecule has 3 rings (SSSR count). The molecule has 0 atom stereocenters. The maximum absolute atomic E-state index is 12.4. The summed E-state index contributed by atoms with van der Waals surface area (Å²) in [6.45, 7) is 2.83. The van der Waals surface area contributed by atoms with Crippen LogP contribution in [0.4, 0.5) is 11.4 Å². The molecule has 2 aromatic rings. The van der Waals surface area contributed by atoms with Crippen LogP contribution in [0.25, 0.3) is 0 Å². The molecule has 0 radical (unpaired) electrons. The molecule has 29 heavy (non-hydrogen) atoms. The van der Waals surface area contributed by atoms with Crippen molar-refractivity contribution in [3.05, 3.63) is 48.0 Å². The molecule has 2 aromatic carbocycles. The highest BCUT2D eigenvalue weighted by Crippen LogP contribution is 2.32. The van der Waals surface area contributed by atoms with Gasteiger partial charge < -0.3 is 15.0 Å². The van der Waals surface area contributed by atoms with Gasteiger partial charge in [-0.2, -0.15) is 0 Å². The lowest BCUT2D eigenvalue weighted by Crippen LogP contribution is -2.41. The fourth-order valence-electron chi connectivity index (χ4n) is 2.84. The van der Waals surface area contributed by atoms with Crippen LogP contribution in [-0.4, -0.2) is 39.3 Å². The first-order chi connectivity index (χ1) is 13.6. The maximum atomic E-state index is 12.4. The molecule has 1 heterocycles. The zero-order valence-corrected chi connectivity index (χ0v) is 16.6. The van der Waals surface area contributed by atoms with E-state index in [9.17, 15) is 22.8 Å². The number of rotatable bonds is 5. The van der Waals surface area contributed by atoms with Crippen LogP contribution in [0.5, 0.6) is 5.75 Å². The Kier molecular flexibility index (Phi) is 5.55. The maximum Gasteiger partial charge on any atom is 0.331 e. The molecule has 0 aromatic heterocycles. The first-order valence-electron chi connectivity index (χ1n) is 8.63. The molecule has 0 spiro atoms. The van der Waals surface area contributed by atoms with E-state index in [1.54, 1.807) is 17.0 Å². The topological polar surface area (TPSA) is 122 Å². The van der Waals surface area contributed by atoms with Gasteiger partial charge in [-0.1, -0.05) is 6.07 Å². The van der Waals surface area contributed by atoms with Crippen molar-refractivity contribution in [2.45, 2.75) is 18.7 Å². The van der Waals surface area contributed by atoms with Crippen molar-refractivity contribution in [2.24, 2.45) is 0 Å². The van der Waals surface area contributed by atoms with E-state index < -0.39 is 21.9 Å². The lowest BCUT2D eigenvalue weighted by Gasteiger charge is -2.29. The van der Waals surface area contributed by atoms with Crippen molar-refractivity contribution in [3.63, 3.8) is 0 Å². The second kappa shape index (κ2) is 7.92. The number of anilines is 2. The van der Waals surface area contributed by atoms with E-state index in [0.717, 1.165) is 12.5 Å². The molecular weight excluding hydrogens is 398 g/mol. The molecular formula is C19H19N3O6S. The van der Waals surface area contributed by atoms with Gasteiger partial charge in [0.25, 0.3) is 10.0 Å². The molecule has 9 nitrogen and oxygen atoms in total. The third-order valence-corrected chi connectivity index (χ3v) is 5.51. The Bertz CT molecular complexity index is 1080. The zero-order chi connectivity index (χ0) is 21.2. The van der Waals surface area contributed by atoms with Gasteiger partial charge in [0.05, 0.1) is 17.1 Å². The van der Waals surface area contributed by atoms with Gasteiger partial charge in [-0.05, 0) is 48.9 Å². The number of carbonyl (C=O) groups is 3. The van der Waals surface area contributed by atoms with Crippen LogP contribution < -0.4 is 19.7 Å². The largest absolute Gasteiger partial charge is 0.423 e. The second-order valence-electron chi connectivity index (χ2n) is 6.54. The fraction of sp³-hybridized carbons (Fsp3) is 0.211. The Hall–Kier alpha value is -3.40. The first-order valence-corrected chi connectivity index (χ1v) is 10.1. The van der Waals surface area contributed by atoms with Gasteiger partial charge in [-0.15, -0.1) is 0 Å². The molecule has 0 unspecified atom stereocenters. The average molecular weight is 417 g/mol. The Morgan fingerprint density at radius 1 is 1.14 bits per heavy atom. The van der Waals surface area contributed by atoms with Crippen molar-refractivity contribution in [1.82, 2.24) is 4.72 Å². The van der Waals surface area contributed by atoms with Gasteiger partial charge in [0, 0.05) is 12.6 Å². The van der Waals surface area contributed by atoms with Crippen molar-refractivity contribution >= 4 is 39.2 Å². The highest BCUT2D eigenvalue weighted by Gasteiger charge is 2.25. The highest BCUT2D eigenvalue weighted by molar-refractivity contribution is 7.90. The van der Waals surface area contributed by atoms with Gasteiger partial charge in [0.2, 0.25) is 11.8 Å². The molecule has 0 saturated carbocycles. The van der Waals surface area contributed by atoms with Gasteiger partial charge in [-0.25, -0.2) is 17.9 Å². The minimum absolute atomic E-state index is 0.0582. The van der Waals surface area contributed by atoms with E-state index in [2.05, 4.69) is 5.32 Å². The number of fused-ring (bicyclic) bond motifs is 1. The summed E-state index contributed by atoms with van der Waals surface area (Å²) in [7, 11) is -3.94. The molecule has 1 aliphatic rings. The van der Waals surface area contributed by atoms with Gasteiger partial charge in [-0.3, -0.25) is 9.59 Å². The zero-order valence-electron chi connectivity index (χ0n) is 15.8. The third kappa shape index (κ3) is 4.91. The number of carbonyl (C=O) groups excluding carboxylic acids is 3. The van der Waals surface area contributed by atoms with E-state index >= 15 is 0 Å². The number of benzene rings is 2. The van der Waals surface area contributed by atoms with E-state index in [0.29, 0.717) is 17.1 Å². The molecule has 0 saturated heterocycles. The molecule has 10 heteroatoms. The number of aryl methyl sites for hydroxylation is 1. The molecule has 2 N–H and O–H groups in total. The monoisotopic (exact) mass is 417 g/mol. The Labute approximate surface area is 167 Å². The lowest BCUT2D eigenvalue weighted by atomic mass is 10.1. The van der Waals surface area contributed by atoms with Crippen LogP contribution in [0.2, 0.25) is 0 Å². The fourth-order valence-corrected chi connectivity index (χ4v) is 3.83. The number of ether oxygens (including phenoxy) is 1. The number of nitrogens with zero attached hydrogens (tertiary/aromatic N) is 1. The summed E-state index contributed by atoms with van der Waals surface area (Å²) < 4.78 is 31.0. The van der Waals surface area contributed by atoms with Crippen LogP contribution in [0.1, 0.15) is 12.5 Å². The number of esters is 1. The Morgan fingerprint density at radius 2 is 1.83 bits per heavy atom. The number of hydrogen-bond donors (Lipinski definition) is 2. The molecule has 152 valence electrons. The van der Waals surface area contributed by atoms with E-state index in [-0.39, 0.29) is 23.9 Å². The van der Waals surface area contributed by atoms with Crippen molar-refractivity contribution in [3.8, 4) is 5.75 Å². The molecule has 0 aliphatic carbocycles. The second-order valence-corrected chi connectivity index (χ2v) is 8.22. The Balaban J connectivity index is 1.69. The van der Waals surface area contributed by atoms with Crippen LogP contribution in [-0.2, 0) is 24.4 Å². The van der Waals surface area contributed by atoms with Gasteiger partial charge >= 0.3 is 5.97 Å². The van der Waals surface area contributed by atoms with Crippen LogP contribution in [0, 0.1) is 6.92 Å². The van der Waals surface area contributed by atoms with Crippen molar-refractivity contribution in [1.29, 1.82) is 0 Å². The highest BCUT2D eigenvalue weighted by atomic mass is 32.2. The third-order valence-electron chi connectivity index (χ3n) is 4.06. The van der Waals surface area contributed by atoms with Crippen LogP contribution in [0.15, 0.2) is 47.4 Å². The minimum Gasteiger partial charge on any atom is -0.423 e. The molecule has 0 bridgehead atoms. The molecule has 1 aliphatic heterocycles. The summed E-state index contributed by atoms with van der Waals surface area (Å²) >= 11 is 0. The van der Waals surface area contributed by atoms with Crippen molar-refractivity contribution in [2.75, 3.05) is 23.3 Å². The minimum atomic E-state index is -3.94. The van der Waals surface area contributed by atoms with E-state index in [1.807, 2.05) is 17.7 Å². The summed E-state index contributed by atoms with van der Waals surface area (Å²) in [6.07, 6.45) is 0. The summed E-state index contributed by atoms with van der Waals surface area (Å²) in [5, 5.41) is 2.65. The average Bonchev–Trinajstić information content (AvgIpc) is 2.60. The van der Waals surface area contributed by atoms with E-state index in [4.69, 9.17) is 4.74 Å². The summed E-state index contributed by atoms with van der Waals surface area (Å²) in [4.78, 5) is 36.7. The first kappa shape index (κ1) is 20.3. The quantitative estimate of drug-likeness (QED) is 0.553. The van der Waals surface area contributed by atoms with Gasteiger partial charge in [0.1, 0.15) is 6.54 Å². The number of sulfonamides is 1. The summed E-state index contributed by atoms with van der Waals surface area (Å²) in [6, 6.07) is 10.7.